The first-order chi connectivity index (χ1) is 7.47. The third kappa shape index (κ3) is 2.34. The summed E-state index contributed by atoms with van der Waals surface area (Å²) in [5.41, 5.74) is -0.690. The van der Waals surface area contributed by atoms with Crippen LogP contribution in [0.25, 0.3) is 0 Å². The van der Waals surface area contributed by atoms with Crippen molar-refractivity contribution in [2.45, 2.75) is 12.2 Å². The highest BCUT2D eigenvalue weighted by Gasteiger charge is 2.23. The number of hydrogen-bond donors (Lipinski definition) is 3. The molecular weight excluding hydrogens is 217 g/mol. The van der Waals surface area contributed by atoms with E-state index >= 15 is 0 Å². The molecule has 1 aromatic rings. The molecule has 6 heteroatoms. The number of carboxylic acids is 1. The van der Waals surface area contributed by atoms with E-state index in [9.17, 15) is 14.3 Å². The lowest BCUT2D eigenvalue weighted by atomic mass is 9.99. The molecule has 2 atom stereocenters. The Balaban J connectivity index is 3.25. The second-order valence-electron chi connectivity index (χ2n) is 3.06. The van der Waals surface area contributed by atoms with Gasteiger partial charge < -0.3 is 15.3 Å². The van der Waals surface area contributed by atoms with E-state index in [1.165, 1.54) is 6.07 Å². The van der Waals surface area contributed by atoms with Crippen LogP contribution in [0.15, 0.2) is 18.2 Å². The summed E-state index contributed by atoms with van der Waals surface area (Å²) in [5.74, 6) is -2.14. The molecule has 5 nitrogen and oxygen atoms in total. The normalized spacial score (nSPS) is 13.9. The Hall–Kier alpha value is -1.97. The van der Waals surface area contributed by atoms with Gasteiger partial charge in [0.15, 0.2) is 6.10 Å². The summed E-state index contributed by atoms with van der Waals surface area (Å²) in [7, 11) is 0. The SMILES string of the molecule is N#CC(O)C(O)c1cc(F)ccc1C(=O)O. The third-order valence-corrected chi connectivity index (χ3v) is 1.99. The fourth-order valence-corrected chi connectivity index (χ4v) is 1.21. The first kappa shape index (κ1) is 12.1. The molecule has 0 saturated heterocycles. The molecule has 0 heterocycles. The van der Waals surface area contributed by atoms with E-state index in [4.69, 9.17) is 15.5 Å². The average molecular weight is 225 g/mol. The Morgan fingerprint density at radius 1 is 1.44 bits per heavy atom. The van der Waals surface area contributed by atoms with E-state index in [-0.39, 0.29) is 11.1 Å². The number of aromatic carboxylic acids is 1. The van der Waals surface area contributed by atoms with Gasteiger partial charge in [-0.25, -0.2) is 9.18 Å². The van der Waals surface area contributed by atoms with Gasteiger partial charge in [-0.05, 0) is 18.2 Å². The summed E-state index contributed by atoms with van der Waals surface area (Å²) in [6.07, 6.45) is -3.56. The van der Waals surface area contributed by atoms with Gasteiger partial charge in [0, 0.05) is 5.56 Å². The van der Waals surface area contributed by atoms with Crippen molar-refractivity contribution < 1.29 is 24.5 Å². The Bertz CT molecular complexity index is 455. The Morgan fingerprint density at radius 2 is 2.06 bits per heavy atom. The van der Waals surface area contributed by atoms with Gasteiger partial charge in [0.2, 0.25) is 0 Å². The maximum Gasteiger partial charge on any atom is 0.336 e. The number of nitriles is 1. The predicted octanol–water partition coefficient (Wildman–Crippen LogP) is 0.442. The molecular formula is C10H8FNO4. The Kier molecular flexibility index (Phi) is 3.55. The second-order valence-corrected chi connectivity index (χ2v) is 3.06. The van der Waals surface area contributed by atoms with Crippen molar-refractivity contribution >= 4 is 5.97 Å². The highest BCUT2D eigenvalue weighted by atomic mass is 19.1. The van der Waals surface area contributed by atoms with Crippen LogP contribution in [0.3, 0.4) is 0 Å². The van der Waals surface area contributed by atoms with Crippen molar-refractivity contribution in [3.8, 4) is 6.07 Å². The summed E-state index contributed by atoms with van der Waals surface area (Å²) in [5, 5.41) is 35.6. The van der Waals surface area contributed by atoms with Crippen molar-refractivity contribution in [2.75, 3.05) is 0 Å². The van der Waals surface area contributed by atoms with Crippen LogP contribution in [0, 0.1) is 17.1 Å². The molecule has 0 fully saturated rings. The highest BCUT2D eigenvalue weighted by molar-refractivity contribution is 5.89. The number of hydrogen-bond acceptors (Lipinski definition) is 4. The average Bonchev–Trinajstić information content (AvgIpc) is 2.26. The van der Waals surface area contributed by atoms with E-state index in [0.717, 1.165) is 18.2 Å². The summed E-state index contributed by atoms with van der Waals surface area (Å²) in [6.45, 7) is 0. The fraction of sp³-hybridized carbons (Fsp3) is 0.200. The number of aliphatic hydroxyl groups excluding tert-OH is 2. The maximum atomic E-state index is 12.9. The minimum absolute atomic E-state index is 0.332. The summed E-state index contributed by atoms with van der Waals surface area (Å²) in [4.78, 5) is 10.8. The van der Waals surface area contributed by atoms with Crippen molar-refractivity contribution in [2.24, 2.45) is 0 Å². The molecule has 0 aliphatic heterocycles. The van der Waals surface area contributed by atoms with Gasteiger partial charge in [0.25, 0.3) is 0 Å². The molecule has 0 amide bonds. The van der Waals surface area contributed by atoms with E-state index in [1.807, 2.05) is 0 Å². The number of nitrogens with zero attached hydrogens (tertiary/aromatic N) is 1. The van der Waals surface area contributed by atoms with Crippen molar-refractivity contribution in [1.29, 1.82) is 5.26 Å². The number of rotatable bonds is 3. The van der Waals surface area contributed by atoms with Gasteiger partial charge in [-0.3, -0.25) is 0 Å². The molecule has 0 aliphatic carbocycles. The van der Waals surface area contributed by atoms with Crippen LogP contribution in [0.1, 0.15) is 22.0 Å². The number of carbonyl (C=O) groups is 1. The van der Waals surface area contributed by atoms with E-state index in [1.54, 1.807) is 0 Å². The molecule has 0 bridgehead atoms. The molecule has 84 valence electrons. The predicted molar refractivity (Wildman–Crippen MR) is 49.9 cm³/mol. The van der Waals surface area contributed by atoms with Crippen LogP contribution >= 0.6 is 0 Å². The van der Waals surface area contributed by atoms with E-state index < -0.39 is 24.0 Å². The zero-order chi connectivity index (χ0) is 12.3. The van der Waals surface area contributed by atoms with Crippen LogP contribution in [-0.2, 0) is 0 Å². The molecule has 16 heavy (non-hydrogen) atoms. The number of halogens is 1. The topological polar surface area (TPSA) is 102 Å². The number of benzene rings is 1. The Labute approximate surface area is 90.0 Å². The van der Waals surface area contributed by atoms with Crippen molar-refractivity contribution in [3.63, 3.8) is 0 Å². The monoisotopic (exact) mass is 225 g/mol. The maximum absolute atomic E-state index is 12.9. The van der Waals surface area contributed by atoms with Crippen LogP contribution in [0.2, 0.25) is 0 Å². The number of carboxylic acid groups (broad SMARTS) is 1. The molecule has 0 radical (unpaired) electrons. The molecule has 0 aromatic heterocycles. The van der Waals surface area contributed by atoms with E-state index in [2.05, 4.69) is 0 Å². The molecule has 0 saturated carbocycles. The molecule has 0 spiro atoms. The van der Waals surface area contributed by atoms with Crippen LogP contribution < -0.4 is 0 Å². The lowest BCUT2D eigenvalue weighted by Gasteiger charge is -2.14. The van der Waals surface area contributed by atoms with Crippen LogP contribution in [-0.4, -0.2) is 27.4 Å². The Morgan fingerprint density at radius 3 is 2.56 bits per heavy atom. The zero-order valence-electron chi connectivity index (χ0n) is 7.96. The second kappa shape index (κ2) is 4.70. The lowest BCUT2D eigenvalue weighted by Crippen LogP contribution is -2.19. The first-order valence-electron chi connectivity index (χ1n) is 4.26. The van der Waals surface area contributed by atoms with E-state index in [0.29, 0.717) is 0 Å². The molecule has 2 unspecified atom stereocenters. The lowest BCUT2D eigenvalue weighted by molar-refractivity contribution is 0.0497. The minimum atomic E-state index is -1.81. The number of aliphatic hydroxyl groups is 2. The zero-order valence-corrected chi connectivity index (χ0v) is 7.96. The van der Waals surface area contributed by atoms with Gasteiger partial charge in [0.1, 0.15) is 11.9 Å². The van der Waals surface area contributed by atoms with Crippen LogP contribution in [0.5, 0.6) is 0 Å². The van der Waals surface area contributed by atoms with Gasteiger partial charge in [-0.2, -0.15) is 5.26 Å². The smallest absolute Gasteiger partial charge is 0.336 e. The third-order valence-electron chi connectivity index (χ3n) is 1.99. The fourth-order valence-electron chi connectivity index (χ4n) is 1.21. The largest absolute Gasteiger partial charge is 0.478 e. The van der Waals surface area contributed by atoms with Crippen molar-refractivity contribution in [1.82, 2.24) is 0 Å². The first-order valence-corrected chi connectivity index (χ1v) is 4.26. The molecule has 1 rings (SSSR count). The molecule has 1 aromatic carbocycles. The quantitative estimate of drug-likeness (QED) is 0.648. The van der Waals surface area contributed by atoms with Gasteiger partial charge >= 0.3 is 5.97 Å². The van der Waals surface area contributed by atoms with Gasteiger partial charge in [-0.1, -0.05) is 0 Å². The van der Waals surface area contributed by atoms with Gasteiger partial charge in [0.05, 0.1) is 11.6 Å². The molecule has 0 aliphatic rings. The van der Waals surface area contributed by atoms with Gasteiger partial charge in [-0.15, -0.1) is 0 Å². The summed E-state index contributed by atoms with van der Waals surface area (Å²) in [6, 6.07) is 3.99. The summed E-state index contributed by atoms with van der Waals surface area (Å²) < 4.78 is 12.9. The molecule has 3 N–H and O–H groups in total. The standard InChI is InChI=1S/C10H8FNO4/c11-5-1-2-6(10(15)16)7(3-5)9(14)8(13)4-12/h1-3,8-9,13-14H,(H,15,16). The summed E-state index contributed by atoms with van der Waals surface area (Å²) >= 11 is 0. The highest BCUT2D eigenvalue weighted by Crippen LogP contribution is 2.22. The van der Waals surface area contributed by atoms with Crippen LogP contribution in [0.4, 0.5) is 4.39 Å². The minimum Gasteiger partial charge on any atom is -0.478 e. The van der Waals surface area contributed by atoms with Crippen molar-refractivity contribution in [3.05, 3.63) is 35.1 Å².